The van der Waals surface area contributed by atoms with E-state index in [4.69, 9.17) is 4.74 Å². The maximum absolute atomic E-state index is 13.0. The van der Waals surface area contributed by atoms with Crippen molar-refractivity contribution in [1.29, 1.82) is 0 Å². The van der Waals surface area contributed by atoms with Gasteiger partial charge in [-0.15, -0.1) is 0 Å². The Morgan fingerprint density at radius 3 is 2.65 bits per heavy atom. The number of rotatable bonds is 6. The van der Waals surface area contributed by atoms with E-state index >= 15 is 0 Å². The van der Waals surface area contributed by atoms with E-state index in [9.17, 15) is 9.59 Å². The zero-order valence-electron chi connectivity index (χ0n) is 15.8. The van der Waals surface area contributed by atoms with Crippen molar-refractivity contribution in [3.8, 4) is 0 Å². The molecule has 0 amide bonds. The van der Waals surface area contributed by atoms with Crippen molar-refractivity contribution in [3.63, 3.8) is 0 Å². The number of fused-ring (bicyclic) bond motifs is 1. The first-order chi connectivity index (χ1) is 12.5. The molecule has 1 aromatic heterocycles. The summed E-state index contributed by atoms with van der Waals surface area (Å²) in [6.07, 6.45) is 2.53. The molecule has 0 aliphatic carbocycles. The number of ether oxygens (including phenoxy) is 1. The smallest absolute Gasteiger partial charge is 0.314 e. The second-order valence-corrected chi connectivity index (χ2v) is 7.49. The van der Waals surface area contributed by atoms with Crippen molar-refractivity contribution in [2.24, 2.45) is 5.92 Å². The van der Waals surface area contributed by atoms with Crippen LogP contribution in [0.3, 0.4) is 0 Å². The lowest BCUT2D eigenvalue weighted by Crippen LogP contribution is -2.26. The van der Waals surface area contributed by atoms with Crippen LogP contribution in [0.1, 0.15) is 66.3 Å². The average Bonchev–Trinajstić information content (AvgIpc) is 2.97. The number of hydrogen-bond acceptors (Lipinski definition) is 3. The molecule has 4 nitrogen and oxygen atoms in total. The van der Waals surface area contributed by atoms with Gasteiger partial charge in [0.15, 0.2) is 0 Å². The Morgan fingerprint density at radius 1 is 1.23 bits per heavy atom. The summed E-state index contributed by atoms with van der Waals surface area (Å²) in [5.74, 6) is 0.0910. The topological polar surface area (TPSA) is 48.3 Å². The number of benzene rings is 1. The number of carbonyl (C=O) groups is 2. The molecule has 1 unspecified atom stereocenters. The number of aromatic nitrogens is 1. The summed E-state index contributed by atoms with van der Waals surface area (Å²) in [7, 11) is 0. The molecule has 0 bridgehead atoms. The molecule has 1 aliphatic rings. The lowest BCUT2D eigenvalue weighted by molar-refractivity contribution is -0.146. The molecule has 0 spiro atoms. The first-order valence-electron chi connectivity index (χ1n) is 9.45. The molecule has 0 radical (unpaired) electrons. The van der Waals surface area contributed by atoms with Crippen LogP contribution in [-0.4, -0.2) is 22.9 Å². The molecule has 3 rings (SSSR count). The second-order valence-electron chi connectivity index (χ2n) is 7.49. The minimum Gasteiger partial charge on any atom is -0.465 e. The van der Waals surface area contributed by atoms with Crippen LogP contribution in [0.25, 0.3) is 0 Å². The molecule has 0 fully saturated rings. The molecule has 26 heavy (non-hydrogen) atoms. The molecule has 2 aromatic rings. The van der Waals surface area contributed by atoms with E-state index in [0.717, 1.165) is 37.1 Å². The van der Waals surface area contributed by atoms with Gasteiger partial charge in [-0.3, -0.25) is 9.59 Å². The van der Waals surface area contributed by atoms with Crippen LogP contribution in [0, 0.1) is 12.8 Å². The Kier molecular flexibility index (Phi) is 5.60. The van der Waals surface area contributed by atoms with Gasteiger partial charge in [0.05, 0.1) is 18.2 Å². The number of nitrogens with zero attached hydrogens (tertiary/aromatic N) is 1. The van der Waals surface area contributed by atoms with Crippen molar-refractivity contribution < 1.29 is 14.3 Å². The van der Waals surface area contributed by atoms with Crippen molar-refractivity contribution in [2.75, 3.05) is 6.61 Å². The predicted octanol–water partition coefficient (Wildman–Crippen LogP) is 4.49. The van der Waals surface area contributed by atoms with Gasteiger partial charge in [-0.1, -0.05) is 44.2 Å². The minimum atomic E-state index is -0.271. The molecule has 1 aliphatic heterocycles. The van der Waals surface area contributed by atoms with Gasteiger partial charge in [0, 0.05) is 17.8 Å². The number of carbonyl (C=O) groups excluding carboxylic acids is 2. The average molecular weight is 353 g/mol. The third-order valence-electron chi connectivity index (χ3n) is 5.03. The van der Waals surface area contributed by atoms with Crippen molar-refractivity contribution >= 4 is 11.8 Å². The fraction of sp³-hybridized carbons (Fsp3) is 0.455. The molecule has 2 heterocycles. The van der Waals surface area contributed by atoms with Crippen molar-refractivity contribution in [1.82, 2.24) is 4.57 Å². The van der Waals surface area contributed by atoms with Gasteiger partial charge < -0.3 is 9.30 Å². The van der Waals surface area contributed by atoms with E-state index in [1.165, 1.54) is 0 Å². The third-order valence-corrected chi connectivity index (χ3v) is 5.03. The van der Waals surface area contributed by atoms with E-state index in [1.54, 1.807) is 0 Å². The standard InChI is InChI=1S/C22H27NO3/c1-15(2)11-13-26-22(25)18-10-7-12-23-19(18)14-16(3)20(23)21(24)17-8-5-4-6-9-17/h4-6,8-9,14-15,18H,7,10-13H2,1-3H3. The van der Waals surface area contributed by atoms with E-state index < -0.39 is 0 Å². The summed E-state index contributed by atoms with van der Waals surface area (Å²) in [4.78, 5) is 25.6. The van der Waals surface area contributed by atoms with Crippen LogP contribution in [0.5, 0.6) is 0 Å². The van der Waals surface area contributed by atoms with Crippen LogP contribution < -0.4 is 0 Å². The van der Waals surface area contributed by atoms with Gasteiger partial charge in [0.25, 0.3) is 0 Å². The Hall–Kier alpha value is -2.36. The normalized spacial score (nSPS) is 16.4. The Labute approximate surface area is 155 Å². The lowest BCUT2D eigenvalue weighted by atomic mass is 9.96. The van der Waals surface area contributed by atoms with Crippen molar-refractivity contribution in [2.45, 2.75) is 52.5 Å². The van der Waals surface area contributed by atoms with Crippen LogP contribution in [0.4, 0.5) is 0 Å². The zero-order valence-corrected chi connectivity index (χ0v) is 15.8. The van der Waals surface area contributed by atoms with Gasteiger partial charge >= 0.3 is 5.97 Å². The van der Waals surface area contributed by atoms with Crippen LogP contribution in [-0.2, 0) is 16.1 Å². The van der Waals surface area contributed by atoms with Gasteiger partial charge in [0.1, 0.15) is 0 Å². The van der Waals surface area contributed by atoms with Gasteiger partial charge in [0.2, 0.25) is 5.78 Å². The maximum atomic E-state index is 13.0. The highest BCUT2D eigenvalue weighted by atomic mass is 16.5. The second kappa shape index (κ2) is 7.90. The zero-order chi connectivity index (χ0) is 18.7. The highest BCUT2D eigenvalue weighted by molar-refractivity contribution is 6.09. The fourth-order valence-corrected chi connectivity index (χ4v) is 3.60. The monoisotopic (exact) mass is 353 g/mol. The maximum Gasteiger partial charge on any atom is 0.314 e. The quantitative estimate of drug-likeness (QED) is 0.568. The molecular weight excluding hydrogens is 326 g/mol. The van der Waals surface area contributed by atoms with Gasteiger partial charge in [-0.2, -0.15) is 0 Å². The lowest BCUT2D eigenvalue weighted by Gasteiger charge is -2.25. The highest BCUT2D eigenvalue weighted by Gasteiger charge is 2.32. The van der Waals surface area contributed by atoms with Crippen LogP contribution >= 0.6 is 0 Å². The van der Waals surface area contributed by atoms with E-state index in [0.29, 0.717) is 23.8 Å². The van der Waals surface area contributed by atoms with Gasteiger partial charge in [-0.25, -0.2) is 0 Å². The van der Waals surface area contributed by atoms with E-state index in [-0.39, 0.29) is 17.7 Å². The SMILES string of the molecule is Cc1cc2n(c1C(=O)c1ccccc1)CCCC2C(=O)OCCC(C)C. The summed E-state index contributed by atoms with van der Waals surface area (Å²) in [5.41, 5.74) is 3.22. The van der Waals surface area contributed by atoms with E-state index in [2.05, 4.69) is 13.8 Å². The molecule has 4 heteroatoms. The van der Waals surface area contributed by atoms with E-state index in [1.807, 2.05) is 47.9 Å². The Bertz CT molecular complexity index is 789. The predicted molar refractivity (Wildman–Crippen MR) is 101 cm³/mol. The first-order valence-corrected chi connectivity index (χ1v) is 9.45. The Balaban J connectivity index is 1.85. The fourth-order valence-electron chi connectivity index (χ4n) is 3.60. The van der Waals surface area contributed by atoms with Crippen LogP contribution in [0.15, 0.2) is 36.4 Å². The third kappa shape index (κ3) is 3.74. The van der Waals surface area contributed by atoms with Gasteiger partial charge in [-0.05, 0) is 43.7 Å². The minimum absolute atomic E-state index is 0.0168. The van der Waals surface area contributed by atoms with Crippen LogP contribution in [0.2, 0.25) is 0 Å². The Morgan fingerprint density at radius 2 is 1.96 bits per heavy atom. The molecule has 0 saturated heterocycles. The number of aryl methyl sites for hydroxylation is 1. The molecular formula is C22H27NO3. The summed E-state index contributed by atoms with van der Waals surface area (Å²) in [5, 5.41) is 0. The molecule has 138 valence electrons. The summed E-state index contributed by atoms with van der Waals surface area (Å²) >= 11 is 0. The molecule has 0 saturated carbocycles. The number of ketones is 1. The van der Waals surface area contributed by atoms with Crippen molar-refractivity contribution in [3.05, 3.63) is 58.9 Å². The molecule has 1 aromatic carbocycles. The number of hydrogen-bond donors (Lipinski definition) is 0. The summed E-state index contributed by atoms with van der Waals surface area (Å²) in [6.45, 7) is 7.41. The summed E-state index contributed by atoms with van der Waals surface area (Å²) < 4.78 is 7.54. The summed E-state index contributed by atoms with van der Waals surface area (Å²) in [6, 6.07) is 11.3. The molecule has 0 N–H and O–H groups in total. The molecule has 1 atom stereocenters. The first kappa shape index (κ1) is 18.4. The highest BCUT2D eigenvalue weighted by Crippen LogP contribution is 2.33. The number of esters is 1. The largest absolute Gasteiger partial charge is 0.465 e.